The fourth-order valence-corrected chi connectivity index (χ4v) is 15.5. The van der Waals surface area contributed by atoms with Crippen LogP contribution in [0.2, 0.25) is 0 Å². The van der Waals surface area contributed by atoms with Crippen LogP contribution in [0.3, 0.4) is 0 Å². The van der Waals surface area contributed by atoms with Gasteiger partial charge in [-0.25, -0.2) is 0 Å². The Balaban J connectivity index is 1.04. The van der Waals surface area contributed by atoms with Crippen LogP contribution in [-0.4, -0.2) is 18.3 Å². The van der Waals surface area contributed by atoms with Crippen LogP contribution >= 0.6 is 0 Å². The number of nitrogens with zero attached hydrogens (tertiary/aromatic N) is 6. The van der Waals surface area contributed by atoms with Crippen LogP contribution in [0.15, 0.2) is 260 Å². The second-order valence-electron chi connectivity index (χ2n) is 23.6. The molecule has 10 nitrogen and oxygen atoms in total. The van der Waals surface area contributed by atoms with Crippen LogP contribution in [0.1, 0.15) is 11.1 Å². The van der Waals surface area contributed by atoms with E-state index in [0.29, 0.717) is 56.2 Å². The molecule has 414 valence electrons. The van der Waals surface area contributed by atoms with Crippen molar-refractivity contribution in [3.05, 3.63) is 254 Å². The van der Waals surface area contributed by atoms with Gasteiger partial charge in [-0.05, 0) is 72.8 Å². The minimum atomic E-state index is 0.310. The molecule has 21 aromatic rings. The average molecular weight is 1150 g/mol. The molecule has 13 aromatic carbocycles. The van der Waals surface area contributed by atoms with Crippen LogP contribution in [0.5, 0.6) is 0 Å². The minimum absolute atomic E-state index is 0.310. The van der Waals surface area contributed by atoms with Gasteiger partial charge in [0.25, 0.3) is 0 Å². The maximum atomic E-state index is 13.2. The SMILES string of the molecule is N#Cc1c(-n2c3ccccc3c3cc4c(cc32)oc2ccccc24)c(-n2c3ccccc3c3cc4c(cc32)oc2ccccc24)c(C#N)c(-n2c3ccccc3c3cc4c(cc32)oc2ccccc24)c1-n1c2ccccc2c2cc3c(cc21)oc1ccccc13. The maximum absolute atomic E-state index is 13.2. The fourth-order valence-electron chi connectivity index (χ4n) is 15.5. The molecule has 0 fully saturated rings. The smallest absolute Gasteiger partial charge is 0.137 e. The fraction of sp³-hybridized carbons (Fsp3) is 0. The topological polar surface area (TPSA) is 120 Å². The largest absolute Gasteiger partial charge is 0.456 e. The lowest BCUT2D eigenvalue weighted by Gasteiger charge is -2.27. The number of nitriles is 2. The number of hydrogen-bond donors (Lipinski definition) is 0. The Morgan fingerprint density at radius 1 is 0.200 bits per heavy atom. The molecular weight excluding hydrogens is 1110 g/mol. The second kappa shape index (κ2) is 17.0. The minimum Gasteiger partial charge on any atom is -0.456 e. The Bertz CT molecular complexity index is 6130. The van der Waals surface area contributed by atoms with Crippen LogP contribution in [0, 0.1) is 22.7 Å². The number of para-hydroxylation sites is 8. The lowest BCUT2D eigenvalue weighted by molar-refractivity contribution is 0.669. The Labute approximate surface area is 507 Å². The Kier molecular flexibility index (Phi) is 8.98. The molecule has 8 aromatic heterocycles. The zero-order chi connectivity index (χ0) is 58.8. The predicted octanol–water partition coefficient (Wildman–Crippen LogP) is 21.4. The highest BCUT2D eigenvalue weighted by Gasteiger charge is 2.36. The lowest BCUT2D eigenvalue weighted by Crippen LogP contribution is -2.16. The molecule has 0 amide bonds. The first kappa shape index (κ1) is 47.5. The summed E-state index contributed by atoms with van der Waals surface area (Å²) in [5.74, 6) is 0. The lowest BCUT2D eigenvalue weighted by atomic mass is 9.98. The highest BCUT2D eigenvalue weighted by atomic mass is 16.3. The van der Waals surface area contributed by atoms with Crippen LogP contribution in [0.4, 0.5) is 0 Å². The number of aromatic nitrogens is 4. The van der Waals surface area contributed by atoms with E-state index in [1.807, 2.05) is 97.1 Å². The summed E-state index contributed by atoms with van der Waals surface area (Å²) >= 11 is 0. The summed E-state index contributed by atoms with van der Waals surface area (Å²) in [4.78, 5) is 0. The Morgan fingerprint density at radius 3 is 0.644 bits per heavy atom. The molecule has 0 unspecified atom stereocenters. The van der Waals surface area contributed by atoms with Crippen molar-refractivity contribution in [3.63, 3.8) is 0 Å². The highest BCUT2D eigenvalue weighted by Crippen LogP contribution is 2.51. The van der Waals surface area contributed by atoms with Crippen molar-refractivity contribution in [1.82, 2.24) is 18.3 Å². The van der Waals surface area contributed by atoms with Gasteiger partial charge >= 0.3 is 0 Å². The molecular formula is C80H40N6O4. The van der Waals surface area contributed by atoms with Crippen molar-refractivity contribution in [2.75, 3.05) is 0 Å². The molecule has 90 heavy (non-hydrogen) atoms. The molecule has 0 saturated carbocycles. The summed E-state index contributed by atoms with van der Waals surface area (Å²) in [5.41, 5.74) is 14.9. The van der Waals surface area contributed by atoms with Gasteiger partial charge in [-0.3, -0.25) is 0 Å². The number of benzene rings is 13. The Hall–Kier alpha value is -12.8. The zero-order valence-electron chi connectivity index (χ0n) is 47.4. The zero-order valence-corrected chi connectivity index (χ0v) is 47.4. The van der Waals surface area contributed by atoms with Gasteiger partial charge in [-0.1, -0.05) is 146 Å². The number of fused-ring (bicyclic) bond motifs is 24. The summed E-state index contributed by atoms with van der Waals surface area (Å²) < 4.78 is 36.1. The summed E-state index contributed by atoms with van der Waals surface area (Å²) in [5, 5.41) is 41.9. The molecule has 0 bridgehead atoms. The molecule has 21 rings (SSSR count). The van der Waals surface area contributed by atoms with E-state index < -0.39 is 0 Å². The summed E-state index contributed by atoms with van der Waals surface area (Å²) in [7, 11) is 0. The van der Waals surface area contributed by atoms with E-state index in [-0.39, 0.29) is 0 Å². The van der Waals surface area contributed by atoms with E-state index in [0.717, 1.165) is 153 Å². The van der Waals surface area contributed by atoms with Crippen molar-refractivity contribution in [2.24, 2.45) is 0 Å². The van der Waals surface area contributed by atoms with Crippen LogP contribution < -0.4 is 0 Å². The highest BCUT2D eigenvalue weighted by molar-refractivity contribution is 6.23. The van der Waals surface area contributed by atoms with Gasteiger partial charge in [0.15, 0.2) is 0 Å². The van der Waals surface area contributed by atoms with Gasteiger partial charge in [0.2, 0.25) is 0 Å². The number of furan rings is 4. The molecule has 8 heterocycles. The van der Waals surface area contributed by atoms with Gasteiger partial charge < -0.3 is 35.9 Å². The van der Waals surface area contributed by atoms with E-state index in [1.165, 1.54) is 0 Å². The first-order valence-electron chi connectivity index (χ1n) is 30.0. The van der Waals surface area contributed by atoms with Crippen molar-refractivity contribution in [3.8, 4) is 34.9 Å². The van der Waals surface area contributed by atoms with Gasteiger partial charge in [-0.2, -0.15) is 10.5 Å². The van der Waals surface area contributed by atoms with Crippen LogP contribution in [0.25, 0.3) is 198 Å². The predicted molar refractivity (Wildman–Crippen MR) is 362 cm³/mol. The van der Waals surface area contributed by atoms with Crippen molar-refractivity contribution in [2.45, 2.75) is 0 Å². The third-order valence-corrected chi connectivity index (χ3v) is 19.2. The maximum Gasteiger partial charge on any atom is 0.137 e. The summed E-state index contributed by atoms with van der Waals surface area (Å²) in [6.45, 7) is 0. The van der Waals surface area contributed by atoms with Crippen LogP contribution in [-0.2, 0) is 0 Å². The van der Waals surface area contributed by atoms with Gasteiger partial charge in [0.1, 0.15) is 67.9 Å². The quantitative estimate of drug-likeness (QED) is 0.173. The molecule has 0 aliphatic heterocycles. The van der Waals surface area contributed by atoms with Crippen molar-refractivity contribution >= 4 is 175 Å². The van der Waals surface area contributed by atoms with Gasteiger partial charge in [-0.15, -0.1) is 0 Å². The standard InChI is InChI=1S/C80H40N6O4/c81-41-59-77(83-61-25-9-1-17-43(61)51-33-55-47-21-5-13-29-69(47)87-73(55)37-65(51)83)78(84-62-26-10-2-18-44(62)52-34-56-48-22-6-14-30-70(48)88-74(56)38-66(52)84)60(42-82)80(86-64-28-12-4-20-46(64)54-36-58-50-24-8-16-32-72(50)90-76(58)40-68(54)86)79(59)85-63-27-11-3-19-45(63)53-35-57-49-23-7-15-31-71(49)89-75(57)39-67(53)85/h1-40H. The summed E-state index contributed by atoms with van der Waals surface area (Å²) in [6, 6.07) is 89.4. The van der Waals surface area contributed by atoms with Gasteiger partial charge in [0.05, 0.1) is 66.9 Å². The molecule has 0 N–H and O–H groups in total. The van der Waals surface area contributed by atoms with E-state index in [9.17, 15) is 10.5 Å². The Morgan fingerprint density at radius 2 is 0.411 bits per heavy atom. The monoisotopic (exact) mass is 1150 g/mol. The van der Waals surface area contributed by atoms with E-state index in [1.54, 1.807) is 0 Å². The number of rotatable bonds is 4. The first-order valence-corrected chi connectivity index (χ1v) is 30.0. The molecule has 0 atom stereocenters. The first-order chi connectivity index (χ1) is 44.6. The van der Waals surface area contributed by atoms with Gasteiger partial charge in [0, 0.05) is 110 Å². The molecule has 0 aliphatic rings. The third kappa shape index (κ3) is 5.98. The van der Waals surface area contributed by atoms with E-state index in [4.69, 9.17) is 17.7 Å². The summed E-state index contributed by atoms with van der Waals surface area (Å²) in [6.07, 6.45) is 0. The molecule has 10 heteroatoms. The van der Waals surface area contributed by atoms with E-state index in [2.05, 4.69) is 176 Å². The third-order valence-electron chi connectivity index (χ3n) is 19.2. The molecule has 0 aliphatic carbocycles. The average Bonchev–Trinajstić information content (AvgIpc) is 1.47. The number of hydrogen-bond acceptors (Lipinski definition) is 6. The second-order valence-corrected chi connectivity index (χ2v) is 23.6. The van der Waals surface area contributed by atoms with E-state index >= 15 is 0 Å². The van der Waals surface area contributed by atoms with Crippen molar-refractivity contribution < 1.29 is 17.7 Å². The molecule has 0 radical (unpaired) electrons. The van der Waals surface area contributed by atoms with Crippen molar-refractivity contribution in [1.29, 1.82) is 10.5 Å². The molecule has 0 spiro atoms. The molecule has 0 saturated heterocycles. The normalized spacial score (nSPS) is 12.4.